The molecule has 0 aliphatic carbocycles. The third kappa shape index (κ3) is 6.34. The van der Waals surface area contributed by atoms with Gasteiger partial charge in [-0.15, -0.1) is 0 Å². The lowest BCUT2D eigenvalue weighted by Crippen LogP contribution is -2.37. The predicted molar refractivity (Wildman–Crippen MR) is 126 cm³/mol. The van der Waals surface area contributed by atoms with Gasteiger partial charge in [0.2, 0.25) is 11.8 Å². The molecule has 7 heteroatoms. The van der Waals surface area contributed by atoms with Gasteiger partial charge in [-0.2, -0.15) is 0 Å². The van der Waals surface area contributed by atoms with Gasteiger partial charge >= 0.3 is 6.03 Å². The minimum absolute atomic E-state index is 0.141. The van der Waals surface area contributed by atoms with Crippen molar-refractivity contribution in [2.24, 2.45) is 0 Å². The van der Waals surface area contributed by atoms with Crippen molar-refractivity contribution < 1.29 is 14.4 Å². The van der Waals surface area contributed by atoms with Crippen molar-refractivity contribution in [3.63, 3.8) is 0 Å². The smallest absolute Gasteiger partial charge is 0.315 e. The zero-order valence-electron chi connectivity index (χ0n) is 19.0. The molecule has 2 aromatic rings. The van der Waals surface area contributed by atoms with Gasteiger partial charge in [0.1, 0.15) is 0 Å². The number of urea groups is 1. The Hall–Kier alpha value is -3.35. The molecule has 0 radical (unpaired) electrons. The van der Waals surface area contributed by atoms with Crippen LogP contribution in [0, 0.1) is 0 Å². The van der Waals surface area contributed by atoms with Crippen LogP contribution in [0.5, 0.6) is 0 Å². The van der Waals surface area contributed by atoms with Gasteiger partial charge in [-0.05, 0) is 41.5 Å². The van der Waals surface area contributed by atoms with Crippen molar-refractivity contribution in [1.29, 1.82) is 0 Å². The van der Waals surface area contributed by atoms with E-state index < -0.39 is 0 Å². The van der Waals surface area contributed by atoms with Crippen molar-refractivity contribution in [3.05, 3.63) is 70.8 Å². The summed E-state index contributed by atoms with van der Waals surface area (Å²) in [6.07, 6.45) is 3.55. The number of likely N-dealkylation sites (tertiary alicyclic amines) is 1. The standard InChI is InChI=1S/C26H32N4O3/c31-24(30-16-13-22-5-1-2-6-23(22)19-30)7-3-14-27-26(33)28-17-20-9-11-21(12-10-20)18-29-15-4-8-25(29)32/h1-2,5-6,9-12H,3-4,7-8,13-19H2,(H2,27,28,33). The Bertz CT molecular complexity index is 989. The Balaban J connectivity index is 1.10. The van der Waals surface area contributed by atoms with Crippen molar-refractivity contribution in [3.8, 4) is 0 Å². The zero-order valence-corrected chi connectivity index (χ0v) is 19.0. The van der Waals surface area contributed by atoms with E-state index in [1.54, 1.807) is 0 Å². The number of carbonyl (C=O) groups excluding carboxylic acids is 3. The molecule has 0 bridgehead atoms. The van der Waals surface area contributed by atoms with Gasteiger partial charge in [-0.1, -0.05) is 48.5 Å². The minimum Gasteiger partial charge on any atom is -0.338 e. The lowest BCUT2D eigenvalue weighted by atomic mass is 9.99. The van der Waals surface area contributed by atoms with E-state index in [0.29, 0.717) is 45.4 Å². The van der Waals surface area contributed by atoms with Crippen LogP contribution in [0.15, 0.2) is 48.5 Å². The average Bonchev–Trinajstić information content (AvgIpc) is 3.25. The summed E-state index contributed by atoms with van der Waals surface area (Å²) in [5, 5.41) is 5.68. The lowest BCUT2D eigenvalue weighted by molar-refractivity contribution is -0.132. The molecular formula is C26H32N4O3. The van der Waals surface area contributed by atoms with Crippen LogP contribution in [0.4, 0.5) is 4.79 Å². The Morgan fingerprint density at radius 2 is 1.64 bits per heavy atom. The van der Waals surface area contributed by atoms with Gasteiger partial charge in [0.15, 0.2) is 0 Å². The Morgan fingerprint density at radius 1 is 0.879 bits per heavy atom. The van der Waals surface area contributed by atoms with Gasteiger partial charge in [0, 0.05) is 52.1 Å². The summed E-state index contributed by atoms with van der Waals surface area (Å²) in [6.45, 7) is 3.81. The summed E-state index contributed by atoms with van der Waals surface area (Å²) < 4.78 is 0. The first-order chi connectivity index (χ1) is 16.1. The van der Waals surface area contributed by atoms with Crippen molar-refractivity contribution in [2.45, 2.75) is 51.7 Å². The molecule has 174 valence electrons. The maximum absolute atomic E-state index is 12.5. The molecule has 1 saturated heterocycles. The molecule has 2 aromatic carbocycles. The molecule has 2 N–H and O–H groups in total. The molecule has 0 unspecified atom stereocenters. The molecule has 0 atom stereocenters. The van der Waals surface area contributed by atoms with Crippen molar-refractivity contribution >= 4 is 17.8 Å². The molecule has 0 aromatic heterocycles. The highest BCUT2D eigenvalue weighted by Gasteiger charge is 2.20. The number of nitrogens with one attached hydrogen (secondary N) is 2. The van der Waals surface area contributed by atoms with E-state index in [0.717, 1.165) is 37.1 Å². The van der Waals surface area contributed by atoms with Crippen LogP contribution in [-0.4, -0.2) is 47.3 Å². The summed E-state index contributed by atoms with van der Waals surface area (Å²) in [6, 6.07) is 16.0. The second-order valence-electron chi connectivity index (χ2n) is 8.78. The molecule has 4 rings (SSSR count). The van der Waals surface area contributed by atoms with Crippen molar-refractivity contribution in [1.82, 2.24) is 20.4 Å². The first-order valence-electron chi connectivity index (χ1n) is 11.8. The van der Waals surface area contributed by atoms with Crippen LogP contribution in [0.1, 0.15) is 47.9 Å². The lowest BCUT2D eigenvalue weighted by Gasteiger charge is -2.29. The van der Waals surface area contributed by atoms with Gasteiger partial charge < -0.3 is 20.4 Å². The molecule has 0 saturated carbocycles. The highest BCUT2D eigenvalue weighted by Crippen LogP contribution is 2.19. The Morgan fingerprint density at radius 3 is 2.39 bits per heavy atom. The predicted octanol–water partition coefficient (Wildman–Crippen LogP) is 2.97. The maximum atomic E-state index is 12.5. The molecule has 0 spiro atoms. The first kappa shape index (κ1) is 22.8. The molecule has 2 heterocycles. The van der Waals surface area contributed by atoms with E-state index in [4.69, 9.17) is 0 Å². The van der Waals surface area contributed by atoms with Crippen LogP contribution >= 0.6 is 0 Å². The number of fused-ring (bicyclic) bond motifs is 1. The fourth-order valence-corrected chi connectivity index (χ4v) is 4.41. The van der Waals surface area contributed by atoms with E-state index in [2.05, 4.69) is 22.8 Å². The fraction of sp³-hybridized carbons (Fsp3) is 0.423. The minimum atomic E-state index is -0.235. The van der Waals surface area contributed by atoms with Crippen LogP contribution < -0.4 is 10.6 Å². The summed E-state index contributed by atoms with van der Waals surface area (Å²) >= 11 is 0. The van der Waals surface area contributed by atoms with E-state index in [1.165, 1.54) is 11.1 Å². The average molecular weight is 449 g/mol. The highest BCUT2D eigenvalue weighted by molar-refractivity contribution is 5.78. The monoisotopic (exact) mass is 448 g/mol. The first-order valence-corrected chi connectivity index (χ1v) is 11.8. The maximum Gasteiger partial charge on any atom is 0.315 e. The van der Waals surface area contributed by atoms with E-state index >= 15 is 0 Å². The molecule has 2 aliphatic heterocycles. The van der Waals surface area contributed by atoms with Gasteiger partial charge in [0.05, 0.1) is 0 Å². The van der Waals surface area contributed by atoms with E-state index in [1.807, 2.05) is 46.2 Å². The van der Waals surface area contributed by atoms with Crippen LogP contribution in [0.3, 0.4) is 0 Å². The molecule has 2 aliphatic rings. The number of hydrogen-bond acceptors (Lipinski definition) is 3. The Kier molecular flexibility index (Phi) is 7.60. The third-order valence-electron chi connectivity index (χ3n) is 6.36. The highest BCUT2D eigenvalue weighted by atomic mass is 16.2. The largest absolute Gasteiger partial charge is 0.338 e. The summed E-state index contributed by atoms with van der Waals surface area (Å²) in [4.78, 5) is 40.1. The normalized spacial score (nSPS) is 15.3. The molecule has 4 amide bonds. The number of carbonyl (C=O) groups is 3. The second-order valence-corrected chi connectivity index (χ2v) is 8.78. The summed E-state index contributed by atoms with van der Waals surface area (Å²) in [5.41, 5.74) is 4.66. The quantitative estimate of drug-likeness (QED) is 0.609. The number of amides is 4. The summed E-state index contributed by atoms with van der Waals surface area (Å²) in [5.74, 6) is 0.364. The third-order valence-corrected chi connectivity index (χ3v) is 6.36. The molecular weight excluding hydrogens is 416 g/mol. The van der Waals surface area contributed by atoms with Crippen molar-refractivity contribution in [2.75, 3.05) is 19.6 Å². The second kappa shape index (κ2) is 11.0. The molecule has 33 heavy (non-hydrogen) atoms. The fourth-order valence-electron chi connectivity index (χ4n) is 4.41. The van der Waals surface area contributed by atoms with Gasteiger partial charge in [-0.3, -0.25) is 9.59 Å². The van der Waals surface area contributed by atoms with Crippen LogP contribution in [-0.2, 0) is 35.6 Å². The molecule has 7 nitrogen and oxygen atoms in total. The number of rotatable bonds is 8. The SMILES string of the molecule is O=C(NCCCC(=O)N1CCc2ccccc2C1)NCc1ccc(CN2CCCC2=O)cc1. The Labute approximate surface area is 195 Å². The molecule has 1 fully saturated rings. The van der Waals surface area contributed by atoms with Crippen LogP contribution in [0.25, 0.3) is 0 Å². The number of benzene rings is 2. The van der Waals surface area contributed by atoms with Crippen LogP contribution in [0.2, 0.25) is 0 Å². The summed E-state index contributed by atoms with van der Waals surface area (Å²) in [7, 11) is 0. The number of nitrogens with zero attached hydrogens (tertiary/aromatic N) is 2. The topological polar surface area (TPSA) is 81.8 Å². The number of hydrogen-bond donors (Lipinski definition) is 2. The van der Waals surface area contributed by atoms with Gasteiger partial charge in [0.25, 0.3) is 0 Å². The van der Waals surface area contributed by atoms with Gasteiger partial charge in [-0.25, -0.2) is 4.79 Å². The van der Waals surface area contributed by atoms with E-state index in [9.17, 15) is 14.4 Å². The van der Waals surface area contributed by atoms with E-state index in [-0.39, 0.29) is 17.8 Å². The zero-order chi connectivity index (χ0) is 23.0.